The van der Waals surface area contributed by atoms with Crippen LogP contribution in [-0.4, -0.2) is 28.3 Å². The Labute approximate surface area is 76.0 Å². The van der Waals surface area contributed by atoms with Crippen molar-refractivity contribution in [2.75, 3.05) is 13.1 Å². The van der Waals surface area contributed by atoms with E-state index in [2.05, 4.69) is 15.3 Å². The lowest BCUT2D eigenvalue weighted by Crippen LogP contribution is -2.10. The highest BCUT2D eigenvalue weighted by Gasteiger charge is 2.15. The summed E-state index contributed by atoms with van der Waals surface area (Å²) in [5, 5.41) is 5.04. The van der Waals surface area contributed by atoms with E-state index in [9.17, 15) is 0 Å². The normalized spacial score (nSPS) is 22.8. The van der Waals surface area contributed by atoms with Crippen molar-refractivity contribution >= 4 is 11.8 Å². The number of aromatic nitrogens is 2. The molecule has 0 radical (unpaired) electrons. The standard InChI is InChI=1S/C8H11N3S/c1-2-9-5-7(1)12-8-6-10-3-4-11-8/h3-4,6-7,9H,1-2,5H2. The quantitative estimate of drug-likeness (QED) is 0.736. The van der Waals surface area contributed by atoms with Crippen molar-refractivity contribution in [3.05, 3.63) is 18.6 Å². The molecule has 1 atom stereocenters. The largest absolute Gasteiger partial charge is 0.316 e. The number of nitrogens with one attached hydrogen (secondary N) is 1. The number of hydrogen-bond donors (Lipinski definition) is 1. The number of rotatable bonds is 2. The highest BCUT2D eigenvalue weighted by atomic mass is 32.2. The molecule has 0 bridgehead atoms. The van der Waals surface area contributed by atoms with Crippen LogP contribution in [0.2, 0.25) is 0 Å². The van der Waals surface area contributed by atoms with Gasteiger partial charge in [-0.1, -0.05) is 0 Å². The van der Waals surface area contributed by atoms with Crippen molar-refractivity contribution in [2.24, 2.45) is 0 Å². The minimum Gasteiger partial charge on any atom is -0.316 e. The number of thioether (sulfide) groups is 1. The lowest BCUT2D eigenvalue weighted by atomic mass is 10.4. The van der Waals surface area contributed by atoms with Crippen LogP contribution in [0.4, 0.5) is 0 Å². The lowest BCUT2D eigenvalue weighted by Gasteiger charge is -2.05. The van der Waals surface area contributed by atoms with Crippen molar-refractivity contribution < 1.29 is 0 Å². The van der Waals surface area contributed by atoms with Crippen molar-refractivity contribution in [1.29, 1.82) is 0 Å². The first-order chi connectivity index (χ1) is 5.95. The molecule has 2 rings (SSSR count). The van der Waals surface area contributed by atoms with Crippen LogP contribution in [0, 0.1) is 0 Å². The minimum atomic E-state index is 0.682. The second-order valence-corrected chi connectivity index (χ2v) is 4.10. The smallest absolute Gasteiger partial charge is 0.115 e. The summed E-state index contributed by atoms with van der Waals surface area (Å²) in [4.78, 5) is 8.24. The molecule has 1 fully saturated rings. The van der Waals surface area contributed by atoms with Gasteiger partial charge >= 0.3 is 0 Å². The number of hydrogen-bond acceptors (Lipinski definition) is 4. The van der Waals surface area contributed by atoms with Gasteiger partial charge < -0.3 is 5.32 Å². The van der Waals surface area contributed by atoms with Gasteiger partial charge in [-0.05, 0) is 13.0 Å². The first-order valence-corrected chi connectivity index (χ1v) is 4.96. The molecule has 4 heteroatoms. The summed E-state index contributed by atoms with van der Waals surface area (Å²) in [7, 11) is 0. The molecule has 0 spiro atoms. The predicted octanol–water partition coefficient (Wildman–Crippen LogP) is 0.931. The fourth-order valence-electron chi connectivity index (χ4n) is 1.25. The van der Waals surface area contributed by atoms with Gasteiger partial charge in [0.25, 0.3) is 0 Å². The van der Waals surface area contributed by atoms with E-state index in [1.54, 1.807) is 12.4 Å². The van der Waals surface area contributed by atoms with E-state index < -0.39 is 0 Å². The molecule has 1 aromatic rings. The molecule has 64 valence electrons. The first-order valence-electron chi connectivity index (χ1n) is 4.08. The third-order valence-corrected chi connectivity index (χ3v) is 3.03. The molecule has 1 aromatic heterocycles. The molecule has 1 aliphatic heterocycles. The van der Waals surface area contributed by atoms with Crippen LogP contribution in [0.1, 0.15) is 6.42 Å². The maximum atomic E-state index is 4.21. The van der Waals surface area contributed by atoms with Gasteiger partial charge in [0.1, 0.15) is 5.03 Å². The van der Waals surface area contributed by atoms with Crippen LogP contribution in [0.5, 0.6) is 0 Å². The second kappa shape index (κ2) is 3.87. The van der Waals surface area contributed by atoms with Crippen LogP contribution >= 0.6 is 11.8 Å². The van der Waals surface area contributed by atoms with Crippen molar-refractivity contribution in [2.45, 2.75) is 16.7 Å². The van der Waals surface area contributed by atoms with E-state index >= 15 is 0 Å². The third-order valence-electron chi connectivity index (χ3n) is 1.84. The summed E-state index contributed by atoms with van der Waals surface area (Å²) >= 11 is 1.82. The van der Waals surface area contributed by atoms with Gasteiger partial charge in [0, 0.05) is 24.2 Å². The van der Waals surface area contributed by atoms with E-state index in [-0.39, 0.29) is 0 Å². The van der Waals surface area contributed by atoms with Gasteiger partial charge in [0.05, 0.1) is 6.20 Å². The average molecular weight is 181 g/mol. The monoisotopic (exact) mass is 181 g/mol. The van der Waals surface area contributed by atoms with Crippen molar-refractivity contribution in [3.8, 4) is 0 Å². The fraction of sp³-hybridized carbons (Fsp3) is 0.500. The van der Waals surface area contributed by atoms with Crippen molar-refractivity contribution in [1.82, 2.24) is 15.3 Å². The zero-order valence-corrected chi connectivity index (χ0v) is 7.55. The number of nitrogens with zero attached hydrogens (tertiary/aromatic N) is 2. The molecule has 1 aliphatic rings. The highest BCUT2D eigenvalue weighted by molar-refractivity contribution is 7.99. The Bertz CT molecular complexity index is 233. The first kappa shape index (κ1) is 8.01. The van der Waals surface area contributed by atoms with Crippen LogP contribution in [0.25, 0.3) is 0 Å². The maximum Gasteiger partial charge on any atom is 0.115 e. The molecule has 2 heterocycles. The van der Waals surface area contributed by atoms with E-state index in [1.165, 1.54) is 6.42 Å². The molecular formula is C8H11N3S. The second-order valence-electron chi connectivity index (χ2n) is 2.78. The molecule has 0 saturated carbocycles. The molecule has 1 unspecified atom stereocenters. The lowest BCUT2D eigenvalue weighted by molar-refractivity contribution is 0.858. The van der Waals surface area contributed by atoms with E-state index in [0.29, 0.717) is 5.25 Å². The Morgan fingerprint density at radius 2 is 2.50 bits per heavy atom. The third kappa shape index (κ3) is 1.95. The van der Waals surface area contributed by atoms with Gasteiger partial charge in [-0.3, -0.25) is 4.98 Å². The van der Waals surface area contributed by atoms with E-state index in [0.717, 1.165) is 18.1 Å². The van der Waals surface area contributed by atoms with Gasteiger partial charge in [-0.25, -0.2) is 4.98 Å². The summed E-state index contributed by atoms with van der Waals surface area (Å²) in [6.07, 6.45) is 6.51. The Morgan fingerprint density at radius 1 is 1.50 bits per heavy atom. The minimum absolute atomic E-state index is 0.682. The van der Waals surface area contributed by atoms with Crippen LogP contribution in [0.15, 0.2) is 23.6 Å². The summed E-state index contributed by atoms with van der Waals surface area (Å²) < 4.78 is 0. The van der Waals surface area contributed by atoms with E-state index in [1.807, 2.05) is 18.0 Å². The van der Waals surface area contributed by atoms with Gasteiger partial charge in [0.15, 0.2) is 0 Å². The Balaban J connectivity index is 1.94. The molecule has 0 aliphatic carbocycles. The van der Waals surface area contributed by atoms with Crippen LogP contribution < -0.4 is 5.32 Å². The molecule has 1 N–H and O–H groups in total. The Kier molecular flexibility index (Phi) is 2.58. The van der Waals surface area contributed by atoms with Gasteiger partial charge in [-0.15, -0.1) is 11.8 Å². The average Bonchev–Trinajstić information content (AvgIpc) is 2.59. The van der Waals surface area contributed by atoms with Gasteiger partial charge in [0.2, 0.25) is 0 Å². The summed E-state index contributed by atoms with van der Waals surface area (Å²) in [6, 6.07) is 0. The SMILES string of the molecule is c1cnc(SC2CCNC2)cn1. The summed E-state index contributed by atoms with van der Waals surface area (Å²) in [5.41, 5.74) is 0. The molecule has 0 amide bonds. The predicted molar refractivity (Wildman–Crippen MR) is 49.2 cm³/mol. The van der Waals surface area contributed by atoms with Crippen molar-refractivity contribution in [3.63, 3.8) is 0 Å². The maximum absolute atomic E-state index is 4.21. The fourth-order valence-corrected chi connectivity index (χ4v) is 2.27. The summed E-state index contributed by atoms with van der Waals surface area (Å²) in [5.74, 6) is 0. The zero-order chi connectivity index (χ0) is 8.23. The topological polar surface area (TPSA) is 37.8 Å². The molecular weight excluding hydrogens is 170 g/mol. The van der Waals surface area contributed by atoms with Crippen LogP contribution in [0.3, 0.4) is 0 Å². The molecule has 3 nitrogen and oxygen atoms in total. The van der Waals surface area contributed by atoms with E-state index in [4.69, 9.17) is 0 Å². The zero-order valence-electron chi connectivity index (χ0n) is 6.73. The molecule has 1 saturated heterocycles. The molecule has 0 aromatic carbocycles. The van der Waals surface area contributed by atoms with Crippen LogP contribution in [-0.2, 0) is 0 Å². The summed E-state index contributed by atoms with van der Waals surface area (Å²) in [6.45, 7) is 2.24. The molecule has 12 heavy (non-hydrogen) atoms. The Hall–Kier alpha value is -0.610. The van der Waals surface area contributed by atoms with Gasteiger partial charge in [-0.2, -0.15) is 0 Å². The Morgan fingerprint density at radius 3 is 3.17 bits per heavy atom. The highest BCUT2D eigenvalue weighted by Crippen LogP contribution is 2.23.